The minimum Gasteiger partial charge on any atom is -0.325 e. The summed E-state index contributed by atoms with van der Waals surface area (Å²) < 4.78 is 0. The molecule has 1 aromatic rings. The summed E-state index contributed by atoms with van der Waals surface area (Å²) in [6.45, 7) is 0. The highest BCUT2D eigenvalue weighted by molar-refractivity contribution is 5.93. The third-order valence-corrected chi connectivity index (χ3v) is 3.47. The Kier molecular flexibility index (Phi) is 3.68. The number of anilines is 1. The van der Waals surface area contributed by atoms with Gasteiger partial charge in [-0.3, -0.25) is 14.9 Å². The summed E-state index contributed by atoms with van der Waals surface area (Å²) >= 11 is 0. The minimum absolute atomic E-state index is 0.0623. The number of hydrogen-bond acceptors (Lipinski definition) is 5. The van der Waals surface area contributed by atoms with Crippen molar-refractivity contribution in [3.05, 3.63) is 33.9 Å². The lowest BCUT2D eigenvalue weighted by molar-refractivity contribution is -0.384. The number of nitrogens with zero attached hydrogens (tertiary/aromatic N) is 2. The van der Waals surface area contributed by atoms with Crippen molar-refractivity contribution in [2.75, 3.05) is 5.32 Å². The molecule has 104 valence electrons. The second kappa shape index (κ2) is 5.27. The first-order valence-electron chi connectivity index (χ1n) is 6.21. The molecule has 7 nitrogen and oxygen atoms in total. The van der Waals surface area contributed by atoms with Gasteiger partial charge in [0.2, 0.25) is 5.91 Å². The number of amides is 1. The van der Waals surface area contributed by atoms with Crippen molar-refractivity contribution in [1.29, 1.82) is 5.26 Å². The quantitative estimate of drug-likeness (QED) is 0.638. The first-order chi connectivity index (χ1) is 9.43. The summed E-state index contributed by atoms with van der Waals surface area (Å²) in [4.78, 5) is 21.9. The summed E-state index contributed by atoms with van der Waals surface area (Å²) in [6, 6.07) is 5.58. The van der Waals surface area contributed by atoms with Gasteiger partial charge in [0.25, 0.3) is 5.69 Å². The van der Waals surface area contributed by atoms with E-state index in [2.05, 4.69) is 5.32 Å². The van der Waals surface area contributed by atoms with Crippen molar-refractivity contribution in [1.82, 2.24) is 0 Å². The number of non-ortho nitro benzene ring substituents is 1. The fraction of sp³-hybridized carbons (Fsp3) is 0.385. The molecule has 2 rings (SSSR count). The van der Waals surface area contributed by atoms with E-state index in [-0.39, 0.29) is 29.3 Å². The van der Waals surface area contributed by atoms with Crippen LogP contribution in [0, 0.1) is 21.4 Å². The molecule has 0 spiro atoms. The van der Waals surface area contributed by atoms with Crippen LogP contribution in [0.3, 0.4) is 0 Å². The first kappa shape index (κ1) is 14.0. The molecule has 3 N–H and O–H groups in total. The average molecular weight is 274 g/mol. The Bertz CT molecular complexity index is 602. The summed E-state index contributed by atoms with van der Waals surface area (Å²) in [5.74, 6) is -0.280. The fourth-order valence-electron chi connectivity index (χ4n) is 2.17. The lowest BCUT2D eigenvalue weighted by Crippen LogP contribution is -2.48. The largest absolute Gasteiger partial charge is 0.325 e. The zero-order valence-electron chi connectivity index (χ0n) is 10.8. The van der Waals surface area contributed by atoms with Crippen molar-refractivity contribution in [2.45, 2.75) is 31.2 Å². The third kappa shape index (κ3) is 2.92. The number of carbonyl (C=O) groups is 1. The maximum atomic E-state index is 11.9. The van der Waals surface area contributed by atoms with E-state index in [1.807, 2.05) is 6.07 Å². The molecular formula is C13H14N4O3. The second-order valence-electron chi connectivity index (χ2n) is 5.04. The Morgan fingerprint density at radius 1 is 1.55 bits per heavy atom. The summed E-state index contributed by atoms with van der Waals surface area (Å²) in [7, 11) is 0. The predicted molar refractivity (Wildman–Crippen MR) is 71.8 cm³/mol. The van der Waals surface area contributed by atoms with E-state index in [9.17, 15) is 14.9 Å². The highest BCUT2D eigenvalue weighted by atomic mass is 16.6. The second-order valence-corrected chi connectivity index (χ2v) is 5.04. The smallest absolute Gasteiger partial charge is 0.270 e. The molecule has 7 heteroatoms. The molecule has 1 amide bonds. The van der Waals surface area contributed by atoms with Gasteiger partial charge in [-0.1, -0.05) is 0 Å². The number of carbonyl (C=O) groups excluding carboxylic acids is 1. The van der Waals surface area contributed by atoms with Crippen LogP contribution in [-0.2, 0) is 4.79 Å². The standard InChI is InChI=1S/C13H14N4O3/c14-8-9-6-10(17(19)20)2-3-11(9)16-12(18)7-13(15)4-1-5-13/h2-3,6H,1,4-5,7,15H2,(H,16,18). The van der Waals surface area contributed by atoms with Crippen molar-refractivity contribution >= 4 is 17.3 Å². The molecule has 0 heterocycles. The van der Waals surface area contributed by atoms with Crippen molar-refractivity contribution in [3.63, 3.8) is 0 Å². The monoisotopic (exact) mass is 274 g/mol. The van der Waals surface area contributed by atoms with Gasteiger partial charge in [0.05, 0.1) is 16.2 Å². The highest BCUT2D eigenvalue weighted by Crippen LogP contribution is 2.32. The zero-order valence-corrected chi connectivity index (χ0v) is 10.8. The topological polar surface area (TPSA) is 122 Å². The zero-order chi connectivity index (χ0) is 14.8. The van der Waals surface area contributed by atoms with E-state index in [4.69, 9.17) is 11.0 Å². The third-order valence-electron chi connectivity index (χ3n) is 3.47. The van der Waals surface area contributed by atoms with Gasteiger partial charge in [-0.15, -0.1) is 0 Å². The van der Waals surface area contributed by atoms with Gasteiger partial charge < -0.3 is 11.1 Å². The van der Waals surface area contributed by atoms with Crippen molar-refractivity contribution in [2.24, 2.45) is 5.73 Å². The van der Waals surface area contributed by atoms with Crippen LogP contribution in [0.2, 0.25) is 0 Å². The van der Waals surface area contributed by atoms with Crippen LogP contribution in [0.1, 0.15) is 31.2 Å². The van der Waals surface area contributed by atoms with Crippen LogP contribution in [-0.4, -0.2) is 16.4 Å². The molecule has 0 saturated heterocycles. The molecule has 0 radical (unpaired) electrons. The van der Waals surface area contributed by atoms with E-state index >= 15 is 0 Å². The molecule has 0 atom stereocenters. The number of benzene rings is 1. The van der Waals surface area contributed by atoms with Gasteiger partial charge >= 0.3 is 0 Å². The van der Waals surface area contributed by atoms with Gasteiger partial charge in [-0.05, 0) is 25.3 Å². The van der Waals surface area contributed by atoms with Crippen LogP contribution in [0.25, 0.3) is 0 Å². The van der Waals surface area contributed by atoms with E-state index in [0.29, 0.717) is 0 Å². The molecule has 1 aliphatic carbocycles. The molecule has 0 aliphatic heterocycles. The van der Waals surface area contributed by atoms with Crippen LogP contribution in [0.4, 0.5) is 11.4 Å². The lowest BCUT2D eigenvalue weighted by atomic mass is 9.75. The lowest BCUT2D eigenvalue weighted by Gasteiger charge is -2.37. The molecule has 1 aliphatic rings. The minimum atomic E-state index is -0.588. The van der Waals surface area contributed by atoms with Crippen LogP contribution < -0.4 is 11.1 Å². The van der Waals surface area contributed by atoms with E-state index in [0.717, 1.165) is 25.3 Å². The number of nitriles is 1. The normalized spacial score (nSPS) is 15.8. The van der Waals surface area contributed by atoms with Gasteiger partial charge in [0.15, 0.2) is 0 Å². The Labute approximate surface area is 115 Å². The van der Waals surface area contributed by atoms with Gasteiger partial charge in [-0.25, -0.2) is 0 Å². The molecule has 1 aromatic carbocycles. The Hall–Kier alpha value is -2.46. The summed E-state index contributed by atoms with van der Waals surface area (Å²) in [5.41, 5.74) is 5.68. The van der Waals surface area contributed by atoms with Crippen molar-refractivity contribution in [3.8, 4) is 6.07 Å². The average Bonchev–Trinajstić information content (AvgIpc) is 2.36. The summed E-state index contributed by atoms with van der Waals surface area (Å²) in [6.07, 6.45) is 2.83. The molecule has 0 bridgehead atoms. The number of nitrogens with two attached hydrogens (primary N) is 1. The van der Waals surface area contributed by atoms with Crippen LogP contribution in [0.5, 0.6) is 0 Å². The van der Waals surface area contributed by atoms with Crippen LogP contribution >= 0.6 is 0 Å². The van der Waals surface area contributed by atoms with Crippen LogP contribution in [0.15, 0.2) is 18.2 Å². The summed E-state index contributed by atoms with van der Waals surface area (Å²) in [5, 5.41) is 22.2. The van der Waals surface area contributed by atoms with E-state index in [1.165, 1.54) is 12.1 Å². The van der Waals surface area contributed by atoms with Crippen molar-refractivity contribution < 1.29 is 9.72 Å². The number of rotatable bonds is 4. The first-order valence-corrected chi connectivity index (χ1v) is 6.21. The Morgan fingerprint density at radius 3 is 2.75 bits per heavy atom. The van der Waals surface area contributed by atoms with Gasteiger partial charge in [0.1, 0.15) is 6.07 Å². The number of nitrogens with one attached hydrogen (secondary N) is 1. The number of hydrogen-bond donors (Lipinski definition) is 2. The molecule has 0 unspecified atom stereocenters. The Balaban J connectivity index is 2.11. The predicted octanol–water partition coefficient (Wildman–Crippen LogP) is 1.68. The molecule has 1 fully saturated rings. The molecule has 20 heavy (non-hydrogen) atoms. The number of nitro benzene ring substituents is 1. The SMILES string of the molecule is N#Cc1cc([N+](=O)[O-])ccc1NC(=O)CC1(N)CCC1. The fourth-order valence-corrected chi connectivity index (χ4v) is 2.17. The van der Waals surface area contributed by atoms with Gasteiger partial charge in [-0.2, -0.15) is 5.26 Å². The van der Waals surface area contributed by atoms with E-state index < -0.39 is 10.5 Å². The highest BCUT2D eigenvalue weighted by Gasteiger charge is 2.34. The molecule has 0 aromatic heterocycles. The number of nitro groups is 1. The molecule has 1 saturated carbocycles. The molecular weight excluding hydrogens is 260 g/mol. The van der Waals surface area contributed by atoms with Gasteiger partial charge in [0, 0.05) is 24.1 Å². The van der Waals surface area contributed by atoms with E-state index in [1.54, 1.807) is 0 Å². The Morgan fingerprint density at radius 2 is 2.25 bits per heavy atom. The maximum Gasteiger partial charge on any atom is 0.270 e. The maximum absolute atomic E-state index is 11.9.